The zero-order chi connectivity index (χ0) is 17.5. The highest BCUT2D eigenvalue weighted by atomic mass is 32.2. The number of rotatable bonds is 7. The molecule has 0 spiro atoms. The molecule has 0 saturated heterocycles. The number of hydrogen-bond acceptors (Lipinski definition) is 4. The quantitative estimate of drug-likeness (QED) is 0.825. The van der Waals surface area contributed by atoms with Crippen molar-refractivity contribution >= 4 is 17.7 Å². The van der Waals surface area contributed by atoms with Gasteiger partial charge in [0.1, 0.15) is 5.82 Å². The van der Waals surface area contributed by atoms with E-state index in [0.717, 1.165) is 11.3 Å². The van der Waals surface area contributed by atoms with E-state index in [-0.39, 0.29) is 28.9 Å². The first kappa shape index (κ1) is 18.4. The number of hydrogen-bond donors (Lipinski definition) is 1. The number of nitrogens with zero attached hydrogens (tertiary/aromatic N) is 2. The SMILES string of the molecule is CC(C)[C@H](NC(=O)CS[C@@H](C)c1cnccn1)c1ccc(F)cc1. The highest BCUT2D eigenvalue weighted by Gasteiger charge is 2.19. The molecule has 4 nitrogen and oxygen atoms in total. The van der Waals surface area contributed by atoms with E-state index in [1.807, 2.05) is 20.8 Å². The molecule has 0 aliphatic heterocycles. The summed E-state index contributed by atoms with van der Waals surface area (Å²) in [6, 6.07) is 6.14. The molecule has 1 heterocycles. The van der Waals surface area contributed by atoms with Crippen LogP contribution < -0.4 is 5.32 Å². The monoisotopic (exact) mass is 347 g/mol. The lowest BCUT2D eigenvalue weighted by Gasteiger charge is -2.23. The number of nitrogens with one attached hydrogen (secondary N) is 1. The molecule has 0 aliphatic carbocycles. The minimum absolute atomic E-state index is 0.0428. The van der Waals surface area contributed by atoms with Crippen LogP contribution in [0.1, 0.15) is 43.3 Å². The number of carbonyl (C=O) groups excluding carboxylic acids is 1. The Morgan fingerprint density at radius 1 is 1.21 bits per heavy atom. The molecule has 1 aromatic heterocycles. The molecule has 2 rings (SSSR count). The average Bonchev–Trinajstić information content (AvgIpc) is 2.59. The fourth-order valence-corrected chi connectivity index (χ4v) is 3.10. The smallest absolute Gasteiger partial charge is 0.230 e. The van der Waals surface area contributed by atoms with Gasteiger partial charge < -0.3 is 5.32 Å². The lowest BCUT2D eigenvalue weighted by molar-refractivity contribution is -0.119. The Morgan fingerprint density at radius 3 is 2.50 bits per heavy atom. The first-order chi connectivity index (χ1) is 11.5. The van der Waals surface area contributed by atoms with Crippen LogP contribution in [-0.4, -0.2) is 21.6 Å². The molecule has 2 aromatic rings. The lowest BCUT2D eigenvalue weighted by atomic mass is 9.96. The molecule has 0 bridgehead atoms. The van der Waals surface area contributed by atoms with Gasteiger partial charge in [-0.05, 0) is 30.5 Å². The average molecular weight is 347 g/mol. The number of carbonyl (C=O) groups is 1. The summed E-state index contributed by atoms with van der Waals surface area (Å²) < 4.78 is 13.1. The Balaban J connectivity index is 1.92. The zero-order valence-corrected chi connectivity index (χ0v) is 14.9. The van der Waals surface area contributed by atoms with Crippen molar-refractivity contribution in [3.63, 3.8) is 0 Å². The number of halogens is 1. The molecule has 6 heteroatoms. The van der Waals surface area contributed by atoms with Crippen molar-refractivity contribution < 1.29 is 9.18 Å². The Kier molecular flexibility index (Phi) is 6.73. The van der Waals surface area contributed by atoms with Crippen LogP contribution in [0.15, 0.2) is 42.9 Å². The highest BCUT2D eigenvalue weighted by molar-refractivity contribution is 8.00. The van der Waals surface area contributed by atoms with E-state index in [9.17, 15) is 9.18 Å². The molecular weight excluding hydrogens is 325 g/mol. The Bertz CT molecular complexity index is 649. The van der Waals surface area contributed by atoms with Crippen LogP contribution >= 0.6 is 11.8 Å². The standard InChI is InChI=1S/C18H22FN3OS/c1-12(2)18(14-4-6-15(19)7-5-14)22-17(23)11-24-13(3)16-10-20-8-9-21-16/h4-10,12-13,18H,11H2,1-3H3,(H,22,23)/t13-,18-/m0/s1. The van der Waals surface area contributed by atoms with E-state index < -0.39 is 0 Å². The van der Waals surface area contributed by atoms with Crippen LogP contribution in [0.2, 0.25) is 0 Å². The van der Waals surface area contributed by atoms with Crippen LogP contribution in [0.5, 0.6) is 0 Å². The molecule has 0 radical (unpaired) electrons. The predicted octanol–water partition coefficient (Wildman–Crippen LogP) is 3.92. The molecule has 128 valence electrons. The number of benzene rings is 1. The largest absolute Gasteiger partial charge is 0.348 e. The number of aromatic nitrogens is 2. The van der Waals surface area contributed by atoms with Crippen molar-refractivity contribution in [2.24, 2.45) is 5.92 Å². The van der Waals surface area contributed by atoms with Crippen molar-refractivity contribution in [2.45, 2.75) is 32.1 Å². The van der Waals surface area contributed by atoms with Crippen LogP contribution in [-0.2, 0) is 4.79 Å². The van der Waals surface area contributed by atoms with Gasteiger partial charge in [0.05, 0.1) is 17.5 Å². The summed E-state index contributed by atoms with van der Waals surface area (Å²) in [5.41, 5.74) is 1.76. The second-order valence-corrected chi connectivity index (χ2v) is 7.25. The normalized spacial score (nSPS) is 13.5. The summed E-state index contributed by atoms with van der Waals surface area (Å²) in [7, 11) is 0. The summed E-state index contributed by atoms with van der Waals surface area (Å²) in [6.07, 6.45) is 4.99. The van der Waals surface area contributed by atoms with Gasteiger partial charge in [-0.2, -0.15) is 0 Å². The maximum Gasteiger partial charge on any atom is 0.230 e. The minimum Gasteiger partial charge on any atom is -0.348 e. The maximum absolute atomic E-state index is 13.1. The third-order valence-electron chi connectivity index (χ3n) is 3.68. The van der Waals surface area contributed by atoms with Crippen LogP contribution in [0.25, 0.3) is 0 Å². The van der Waals surface area contributed by atoms with E-state index in [4.69, 9.17) is 0 Å². The molecule has 1 aromatic carbocycles. The summed E-state index contributed by atoms with van der Waals surface area (Å²) in [6.45, 7) is 6.06. The first-order valence-corrected chi connectivity index (χ1v) is 8.94. The lowest BCUT2D eigenvalue weighted by Crippen LogP contribution is -2.33. The fourth-order valence-electron chi connectivity index (χ4n) is 2.33. The molecule has 0 fully saturated rings. The third-order valence-corrected chi connectivity index (χ3v) is 4.85. The fraction of sp³-hybridized carbons (Fsp3) is 0.389. The van der Waals surface area contributed by atoms with Crippen LogP contribution in [0.3, 0.4) is 0 Å². The second kappa shape index (κ2) is 8.78. The highest BCUT2D eigenvalue weighted by Crippen LogP contribution is 2.26. The van der Waals surface area contributed by atoms with Gasteiger partial charge in [-0.3, -0.25) is 14.8 Å². The van der Waals surface area contributed by atoms with Crippen molar-refractivity contribution in [3.8, 4) is 0 Å². The summed E-state index contributed by atoms with van der Waals surface area (Å²) >= 11 is 1.51. The van der Waals surface area contributed by atoms with Crippen molar-refractivity contribution in [3.05, 3.63) is 59.9 Å². The number of thioether (sulfide) groups is 1. The number of amides is 1. The van der Waals surface area contributed by atoms with Gasteiger partial charge in [-0.1, -0.05) is 26.0 Å². The van der Waals surface area contributed by atoms with Crippen molar-refractivity contribution in [1.82, 2.24) is 15.3 Å². The van der Waals surface area contributed by atoms with Gasteiger partial charge in [-0.25, -0.2) is 4.39 Å². The minimum atomic E-state index is -0.277. The Morgan fingerprint density at radius 2 is 1.92 bits per heavy atom. The zero-order valence-electron chi connectivity index (χ0n) is 14.1. The summed E-state index contributed by atoms with van der Waals surface area (Å²) in [4.78, 5) is 20.6. The Labute approximate surface area is 146 Å². The maximum atomic E-state index is 13.1. The van der Waals surface area contributed by atoms with Gasteiger partial charge in [-0.15, -0.1) is 11.8 Å². The predicted molar refractivity (Wildman–Crippen MR) is 95.0 cm³/mol. The molecule has 2 atom stereocenters. The van der Waals surface area contributed by atoms with Crippen molar-refractivity contribution in [1.29, 1.82) is 0 Å². The Hall–Kier alpha value is -1.95. The van der Waals surface area contributed by atoms with Gasteiger partial charge in [0.15, 0.2) is 0 Å². The topological polar surface area (TPSA) is 54.9 Å². The van der Waals surface area contributed by atoms with Gasteiger partial charge >= 0.3 is 0 Å². The molecular formula is C18H22FN3OS. The molecule has 0 aliphatic rings. The van der Waals surface area contributed by atoms with E-state index in [0.29, 0.717) is 5.75 Å². The molecule has 1 amide bonds. The van der Waals surface area contributed by atoms with Crippen molar-refractivity contribution in [2.75, 3.05) is 5.75 Å². The van der Waals surface area contributed by atoms with Gasteiger partial charge in [0.25, 0.3) is 0 Å². The van der Waals surface area contributed by atoms with E-state index in [1.165, 1.54) is 23.9 Å². The van der Waals surface area contributed by atoms with Gasteiger partial charge in [0, 0.05) is 23.8 Å². The third kappa shape index (κ3) is 5.30. The van der Waals surface area contributed by atoms with E-state index in [1.54, 1.807) is 30.7 Å². The van der Waals surface area contributed by atoms with E-state index in [2.05, 4.69) is 15.3 Å². The molecule has 1 N–H and O–H groups in total. The molecule has 0 saturated carbocycles. The van der Waals surface area contributed by atoms with Crippen LogP contribution in [0, 0.1) is 11.7 Å². The van der Waals surface area contributed by atoms with Gasteiger partial charge in [0.2, 0.25) is 5.91 Å². The molecule has 24 heavy (non-hydrogen) atoms. The summed E-state index contributed by atoms with van der Waals surface area (Å²) in [5.74, 6) is 0.226. The van der Waals surface area contributed by atoms with E-state index >= 15 is 0 Å². The molecule has 0 unspecified atom stereocenters. The van der Waals surface area contributed by atoms with Crippen LogP contribution in [0.4, 0.5) is 4.39 Å². The first-order valence-electron chi connectivity index (χ1n) is 7.89. The summed E-state index contributed by atoms with van der Waals surface area (Å²) in [5, 5.41) is 3.13. The second-order valence-electron chi connectivity index (χ2n) is 5.92.